The number of anilines is 1. The highest BCUT2D eigenvalue weighted by Crippen LogP contribution is 2.32. The smallest absolute Gasteiger partial charge is 0.248 e. The number of β-amino-alcohol motifs (C(OH)–C–C–N with tert-alkyl or cyclic N) is 1. The molecule has 3 rings (SSSR count). The molecule has 1 aliphatic rings. The lowest BCUT2D eigenvalue weighted by Crippen LogP contribution is -2.52. The summed E-state index contributed by atoms with van der Waals surface area (Å²) in [7, 11) is 0. The Balaban J connectivity index is 2.11. The van der Waals surface area contributed by atoms with Gasteiger partial charge in [-0.05, 0) is 56.4 Å². The average molecular weight is 453 g/mol. The van der Waals surface area contributed by atoms with Gasteiger partial charge in [0.25, 0.3) is 0 Å². The number of hydrogen-bond donors (Lipinski definition) is 3. The lowest BCUT2D eigenvalue weighted by Gasteiger charge is -2.35. The molecule has 0 radical (unpaired) electrons. The molecule has 0 spiro atoms. The molecule has 2 heterocycles. The summed E-state index contributed by atoms with van der Waals surface area (Å²) in [4.78, 5) is 33.1. The number of nitrogens with one attached hydrogen (secondary N) is 2. The third-order valence-electron chi connectivity index (χ3n) is 5.66. The molecule has 3 atom stereocenters. The van der Waals surface area contributed by atoms with E-state index in [0.717, 1.165) is 5.56 Å². The van der Waals surface area contributed by atoms with Gasteiger partial charge < -0.3 is 15.7 Å². The van der Waals surface area contributed by atoms with E-state index in [2.05, 4.69) is 36.4 Å². The summed E-state index contributed by atoms with van der Waals surface area (Å²) in [6.45, 7) is 12.5. The molecule has 2 amide bonds. The quantitative estimate of drug-likeness (QED) is 0.648. The summed E-state index contributed by atoms with van der Waals surface area (Å²) in [5.74, 6) is -0.546. The lowest BCUT2D eigenvalue weighted by molar-refractivity contribution is -0.128. The zero-order chi connectivity index (χ0) is 24.4. The van der Waals surface area contributed by atoms with Crippen molar-refractivity contribution in [3.8, 4) is 0 Å². The number of carbonyl (C=O) groups excluding carboxylic acids is 2. The molecule has 3 unspecified atom stereocenters. The van der Waals surface area contributed by atoms with Crippen LogP contribution in [0.15, 0.2) is 48.8 Å². The normalized spacial score (nSPS) is 19.7. The second-order valence-corrected chi connectivity index (χ2v) is 10.8. The van der Waals surface area contributed by atoms with Gasteiger partial charge in [-0.1, -0.05) is 39.0 Å². The third kappa shape index (κ3) is 6.18. The molecule has 1 saturated heterocycles. The Labute approximate surface area is 196 Å². The minimum Gasteiger partial charge on any atom is -0.392 e. The minimum atomic E-state index is -0.912. The minimum absolute atomic E-state index is 0.0448. The van der Waals surface area contributed by atoms with Crippen LogP contribution in [0, 0.1) is 0 Å². The summed E-state index contributed by atoms with van der Waals surface area (Å²) in [5.41, 5.74) is 1.84. The molecule has 1 aromatic heterocycles. The Morgan fingerprint density at radius 3 is 2.27 bits per heavy atom. The van der Waals surface area contributed by atoms with Gasteiger partial charge in [0, 0.05) is 35.7 Å². The van der Waals surface area contributed by atoms with Crippen LogP contribution in [0.2, 0.25) is 0 Å². The van der Waals surface area contributed by atoms with Crippen molar-refractivity contribution in [1.29, 1.82) is 0 Å². The molecular weight excluding hydrogens is 416 g/mol. The monoisotopic (exact) mass is 452 g/mol. The summed E-state index contributed by atoms with van der Waals surface area (Å²) < 4.78 is 0. The summed E-state index contributed by atoms with van der Waals surface area (Å²) >= 11 is 0. The highest BCUT2D eigenvalue weighted by Gasteiger charge is 2.39. The molecular formula is C26H36N4O3. The number of pyridine rings is 1. The highest BCUT2D eigenvalue weighted by molar-refractivity contribution is 6.04. The SMILES string of the molecule is CC(C)(C)NC(=O)C(c1cccnc1)N(C(=O)C1CC(O)CN1)c1ccc(C(C)(C)C)cc1. The number of amides is 2. The van der Waals surface area contributed by atoms with E-state index in [1.807, 2.05) is 45.0 Å². The Morgan fingerprint density at radius 1 is 1.12 bits per heavy atom. The van der Waals surface area contributed by atoms with Gasteiger partial charge in [0.05, 0.1) is 12.1 Å². The summed E-state index contributed by atoms with van der Waals surface area (Å²) in [6, 6.07) is 9.84. The largest absolute Gasteiger partial charge is 0.392 e. The second kappa shape index (κ2) is 9.61. The van der Waals surface area contributed by atoms with E-state index >= 15 is 0 Å². The zero-order valence-electron chi connectivity index (χ0n) is 20.4. The van der Waals surface area contributed by atoms with Gasteiger partial charge in [0.15, 0.2) is 0 Å². The first kappa shape index (κ1) is 24.9. The first-order valence-electron chi connectivity index (χ1n) is 11.4. The highest BCUT2D eigenvalue weighted by atomic mass is 16.3. The average Bonchev–Trinajstić information content (AvgIpc) is 3.16. The lowest BCUT2D eigenvalue weighted by atomic mass is 9.87. The summed E-state index contributed by atoms with van der Waals surface area (Å²) in [6.07, 6.45) is 2.97. The van der Waals surface area contributed by atoms with Gasteiger partial charge in [0.1, 0.15) is 6.04 Å². The van der Waals surface area contributed by atoms with Crippen LogP contribution in [0.5, 0.6) is 0 Å². The molecule has 1 aliphatic heterocycles. The van der Waals surface area contributed by atoms with Gasteiger partial charge in [-0.2, -0.15) is 0 Å². The van der Waals surface area contributed by atoms with Crippen LogP contribution in [0.1, 0.15) is 65.1 Å². The van der Waals surface area contributed by atoms with Crippen LogP contribution in [0.25, 0.3) is 0 Å². The Bertz CT molecular complexity index is 962. The summed E-state index contributed by atoms with van der Waals surface area (Å²) in [5, 5.41) is 16.1. The number of hydrogen-bond acceptors (Lipinski definition) is 5. The molecule has 0 saturated carbocycles. The van der Waals surface area contributed by atoms with E-state index in [1.165, 1.54) is 0 Å². The molecule has 3 N–H and O–H groups in total. The van der Waals surface area contributed by atoms with E-state index in [9.17, 15) is 14.7 Å². The molecule has 2 aromatic rings. The van der Waals surface area contributed by atoms with Crippen molar-refractivity contribution in [2.45, 2.75) is 77.1 Å². The van der Waals surface area contributed by atoms with Crippen molar-refractivity contribution in [2.75, 3.05) is 11.4 Å². The van der Waals surface area contributed by atoms with Crippen molar-refractivity contribution in [3.63, 3.8) is 0 Å². The predicted molar refractivity (Wildman–Crippen MR) is 130 cm³/mol. The first-order chi connectivity index (χ1) is 15.4. The molecule has 178 valence electrons. The number of aliphatic hydroxyl groups is 1. The number of aromatic nitrogens is 1. The number of carbonyl (C=O) groups is 2. The number of aliphatic hydroxyl groups excluding tert-OH is 1. The van der Waals surface area contributed by atoms with Gasteiger partial charge in [0.2, 0.25) is 11.8 Å². The molecule has 1 aromatic carbocycles. The van der Waals surface area contributed by atoms with E-state index in [0.29, 0.717) is 24.2 Å². The Morgan fingerprint density at radius 2 is 1.79 bits per heavy atom. The third-order valence-corrected chi connectivity index (χ3v) is 5.66. The standard InChI is InChI=1S/C26H36N4O3/c1-25(2,3)18-9-11-19(12-10-18)30(24(33)21-14-20(31)16-28-21)22(17-8-7-13-27-15-17)23(32)29-26(4,5)6/h7-13,15,20-22,28,31H,14,16H2,1-6H3,(H,29,32). The van der Waals surface area contributed by atoms with Crippen LogP contribution >= 0.6 is 0 Å². The van der Waals surface area contributed by atoms with Crippen LogP contribution in [0.4, 0.5) is 5.69 Å². The number of benzene rings is 1. The maximum absolute atomic E-state index is 13.8. The molecule has 33 heavy (non-hydrogen) atoms. The van der Waals surface area contributed by atoms with Crippen molar-refractivity contribution < 1.29 is 14.7 Å². The number of nitrogens with zero attached hydrogens (tertiary/aromatic N) is 2. The van der Waals surface area contributed by atoms with E-state index in [4.69, 9.17) is 0 Å². The van der Waals surface area contributed by atoms with Gasteiger partial charge >= 0.3 is 0 Å². The van der Waals surface area contributed by atoms with Crippen molar-refractivity contribution in [2.24, 2.45) is 0 Å². The van der Waals surface area contributed by atoms with E-state index < -0.39 is 23.7 Å². The fourth-order valence-corrected chi connectivity index (χ4v) is 3.99. The van der Waals surface area contributed by atoms with Crippen LogP contribution in [-0.4, -0.2) is 46.1 Å². The molecule has 0 bridgehead atoms. The van der Waals surface area contributed by atoms with Gasteiger partial charge in [-0.25, -0.2) is 0 Å². The Kier molecular flexibility index (Phi) is 7.24. The predicted octanol–water partition coefficient (Wildman–Crippen LogP) is 3.09. The maximum Gasteiger partial charge on any atom is 0.248 e. The topological polar surface area (TPSA) is 94.6 Å². The van der Waals surface area contributed by atoms with Crippen molar-refractivity contribution >= 4 is 17.5 Å². The fraction of sp³-hybridized carbons (Fsp3) is 0.500. The van der Waals surface area contributed by atoms with Crippen molar-refractivity contribution in [1.82, 2.24) is 15.6 Å². The second-order valence-electron chi connectivity index (χ2n) is 10.8. The van der Waals surface area contributed by atoms with Gasteiger partial charge in [-0.3, -0.25) is 19.5 Å². The van der Waals surface area contributed by atoms with Crippen molar-refractivity contribution in [3.05, 3.63) is 59.9 Å². The maximum atomic E-state index is 13.8. The van der Waals surface area contributed by atoms with E-state index in [1.54, 1.807) is 29.4 Å². The molecule has 7 heteroatoms. The van der Waals surface area contributed by atoms with Crippen LogP contribution in [-0.2, 0) is 15.0 Å². The molecule has 7 nitrogen and oxygen atoms in total. The van der Waals surface area contributed by atoms with Crippen LogP contribution < -0.4 is 15.5 Å². The fourth-order valence-electron chi connectivity index (χ4n) is 3.99. The molecule has 0 aliphatic carbocycles. The van der Waals surface area contributed by atoms with Crippen LogP contribution in [0.3, 0.4) is 0 Å². The molecule has 1 fully saturated rings. The zero-order valence-corrected chi connectivity index (χ0v) is 20.4. The number of rotatable bonds is 5. The van der Waals surface area contributed by atoms with E-state index in [-0.39, 0.29) is 17.2 Å². The van der Waals surface area contributed by atoms with Gasteiger partial charge in [-0.15, -0.1) is 0 Å². The Hall–Kier alpha value is -2.77. The first-order valence-corrected chi connectivity index (χ1v) is 11.4.